The third-order valence-corrected chi connectivity index (χ3v) is 2.16. The van der Waals surface area contributed by atoms with Crippen LogP contribution in [0.15, 0.2) is 22.7 Å². The Morgan fingerprint density at radius 3 is 2.67 bits per heavy atom. The Labute approximate surface area is 81.9 Å². The van der Waals surface area contributed by atoms with Crippen molar-refractivity contribution in [3.8, 4) is 5.75 Å². The van der Waals surface area contributed by atoms with Gasteiger partial charge >= 0.3 is 0 Å². The Morgan fingerprint density at radius 1 is 1.33 bits per heavy atom. The lowest BCUT2D eigenvalue weighted by molar-refractivity contribution is 0.414. The van der Waals surface area contributed by atoms with Gasteiger partial charge in [0.05, 0.1) is 7.11 Å². The van der Waals surface area contributed by atoms with E-state index < -0.39 is 0 Å². The van der Waals surface area contributed by atoms with Crippen LogP contribution < -0.4 is 4.74 Å². The molecule has 0 aliphatic heterocycles. The van der Waals surface area contributed by atoms with Crippen LogP contribution in [0.3, 0.4) is 0 Å². The fourth-order valence-electron chi connectivity index (χ4n) is 1.17. The van der Waals surface area contributed by atoms with Crippen molar-refractivity contribution in [1.29, 1.82) is 0 Å². The fourth-order valence-corrected chi connectivity index (χ4v) is 1.69. The normalized spacial score (nSPS) is 9.92. The third kappa shape index (κ3) is 2.52. The van der Waals surface area contributed by atoms with Gasteiger partial charge in [-0.1, -0.05) is 29.3 Å². The summed E-state index contributed by atoms with van der Waals surface area (Å²) in [5.74, 6) is 0.924. The molecule has 1 aromatic carbocycles. The lowest BCUT2D eigenvalue weighted by Crippen LogP contribution is -1.87. The molecule has 0 saturated heterocycles. The second-order valence-corrected chi connectivity index (χ2v) is 3.66. The second kappa shape index (κ2) is 4.51. The summed E-state index contributed by atoms with van der Waals surface area (Å²) in [6, 6.07) is 6.18. The van der Waals surface area contributed by atoms with Crippen LogP contribution >= 0.6 is 15.9 Å². The second-order valence-electron chi connectivity index (χ2n) is 2.75. The van der Waals surface area contributed by atoms with Gasteiger partial charge in [-0.2, -0.15) is 0 Å². The van der Waals surface area contributed by atoms with E-state index in [9.17, 15) is 0 Å². The number of halogens is 1. The third-order valence-electron chi connectivity index (χ3n) is 1.71. The summed E-state index contributed by atoms with van der Waals surface area (Å²) in [4.78, 5) is 0. The summed E-state index contributed by atoms with van der Waals surface area (Å²) in [6.07, 6.45) is 2.27. The van der Waals surface area contributed by atoms with Crippen LogP contribution in [-0.4, -0.2) is 7.11 Å². The molecule has 0 amide bonds. The molecule has 0 heterocycles. The monoisotopic (exact) mass is 228 g/mol. The van der Waals surface area contributed by atoms with Crippen molar-refractivity contribution < 1.29 is 4.74 Å². The first-order chi connectivity index (χ1) is 5.76. The Bertz CT molecular complexity index is 258. The van der Waals surface area contributed by atoms with Crippen LogP contribution in [0.5, 0.6) is 5.75 Å². The van der Waals surface area contributed by atoms with E-state index in [2.05, 4.69) is 35.0 Å². The number of benzene rings is 1. The van der Waals surface area contributed by atoms with Crippen molar-refractivity contribution in [1.82, 2.24) is 0 Å². The van der Waals surface area contributed by atoms with Crippen molar-refractivity contribution in [2.45, 2.75) is 19.8 Å². The molecule has 0 aliphatic carbocycles. The maximum atomic E-state index is 5.15. The first kappa shape index (κ1) is 9.59. The predicted molar refractivity (Wildman–Crippen MR) is 54.7 cm³/mol. The fraction of sp³-hybridized carbons (Fsp3) is 0.400. The topological polar surface area (TPSA) is 9.23 Å². The van der Waals surface area contributed by atoms with Crippen LogP contribution in [0.25, 0.3) is 0 Å². The molecule has 0 aromatic heterocycles. The molecule has 0 saturated carbocycles. The molecule has 0 aliphatic rings. The molecule has 1 aromatic rings. The SMILES string of the molecule is CCCc1cc(Br)cc(OC)c1. The van der Waals surface area contributed by atoms with Crippen LogP contribution in [0, 0.1) is 0 Å². The number of methoxy groups -OCH3 is 1. The average molecular weight is 229 g/mol. The van der Waals surface area contributed by atoms with Gasteiger partial charge in [-0.15, -0.1) is 0 Å². The van der Waals surface area contributed by atoms with Gasteiger partial charge in [0.2, 0.25) is 0 Å². The van der Waals surface area contributed by atoms with E-state index in [4.69, 9.17) is 4.74 Å². The van der Waals surface area contributed by atoms with Gasteiger partial charge < -0.3 is 4.74 Å². The van der Waals surface area contributed by atoms with E-state index >= 15 is 0 Å². The molecule has 1 rings (SSSR count). The zero-order valence-corrected chi connectivity index (χ0v) is 9.02. The summed E-state index contributed by atoms with van der Waals surface area (Å²) in [7, 11) is 1.69. The maximum Gasteiger partial charge on any atom is 0.120 e. The van der Waals surface area contributed by atoms with Crippen LogP contribution in [0.1, 0.15) is 18.9 Å². The molecular weight excluding hydrogens is 216 g/mol. The van der Waals surface area contributed by atoms with E-state index in [1.54, 1.807) is 7.11 Å². The largest absolute Gasteiger partial charge is 0.497 e. The highest BCUT2D eigenvalue weighted by molar-refractivity contribution is 9.10. The molecule has 12 heavy (non-hydrogen) atoms. The highest BCUT2D eigenvalue weighted by atomic mass is 79.9. The molecule has 0 bridgehead atoms. The lowest BCUT2D eigenvalue weighted by atomic mass is 10.1. The minimum absolute atomic E-state index is 0.924. The zero-order chi connectivity index (χ0) is 8.97. The van der Waals surface area contributed by atoms with Gasteiger partial charge in [-0.3, -0.25) is 0 Å². The zero-order valence-electron chi connectivity index (χ0n) is 7.43. The maximum absolute atomic E-state index is 5.15. The summed E-state index contributed by atoms with van der Waals surface area (Å²) in [5, 5.41) is 0. The molecule has 0 radical (unpaired) electrons. The average Bonchev–Trinajstić information content (AvgIpc) is 2.04. The summed E-state index contributed by atoms with van der Waals surface area (Å²) in [5.41, 5.74) is 1.32. The Hall–Kier alpha value is -0.500. The molecule has 0 spiro atoms. The smallest absolute Gasteiger partial charge is 0.120 e. The number of aryl methyl sites for hydroxylation is 1. The highest BCUT2D eigenvalue weighted by Crippen LogP contribution is 2.21. The van der Waals surface area contributed by atoms with Crippen LogP contribution in [-0.2, 0) is 6.42 Å². The lowest BCUT2D eigenvalue weighted by Gasteiger charge is -2.04. The Kier molecular flexibility index (Phi) is 3.60. The molecular formula is C10H13BrO. The molecule has 0 fully saturated rings. The quantitative estimate of drug-likeness (QED) is 0.771. The van der Waals surface area contributed by atoms with Crippen molar-refractivity contribution in [2.24, 2.45) is 0 Å². The number of hydrogen-bond donors (Lipinski definition) is 0. The summed E-state index contributed by atoms with van der Waals surface area (Å²) in [6.45, 7) is 2.17. The number of rotatable bonds is 3. The first-order valence-corrected chi connectivity index (χ1v) is 4.89. The molecule has 0 atom stereocenters. The van der Waals surface area contributed by atoms with Crippen molar-refractivity contribution >= 4 is 15.9 Å². The van der Waals surface area contributed by atoms with Crippen LogP contribution in [0.4, 0.5) is 0 Å². The van der Waals surface area contributed by atoms with Crippen molar-refractivity contribution in [2.75, 3.05) is 7.11 Å². The van der Waals surface area contributed by atoms with Gasteiger partial charge in [-0.05, 0) is 30.2 Å². The molecule has 2 heteroatoms. The minimum Gasteiger partial charge on any atom is -0.497 e. The predicted octanol–water partition coefficient (Wildman–Crippen LogP) is 3.41. The van der Waals surface area contributed by atoms with Crippen molar-refractivity contribution in [3.05, 3.63) is 28.2 Å². The van der Waals surface area contributed by atoms with E-state index in [1.807, 2.05) is 6.07 Å². The Morgan fingerprint density at radius 2 is 2.08 bits per heavy atom. The van der Waals surface area contributed by atoms with Crippen molar-refractivity contribution in [3.63, 3.8) is 0 Å². The van der Waals surface area contributed by atoms with Gasteiger partial charge in [0.1, 0.15) is 5.75 Å². The number of hydrogen-bond acceptors (Lipinski definition) is 1. The van der Waals surface area contributed by atoms with E-state index in [0.29, 0.717) is 0 Å². The van der Waals surface area contributed by atoms with E-state index in [0.717, 1.165) is 16.6 Å². The molecule has 0 N–H and O–H groups in total. The van der Waals surface area contributed by atoms with Gasteiger partial charge in [-0.25, -0.2) is 0 Å². The minimum atomic E-state index is 0.924. The highest BCUT2D eigenvalue weighted by Gasteiger charge is 1.97. The van der Waals surface area contributed by atoms with Gasteiger partial charge in [0, 0.05) is 4.47 Å². The summed E-state index contributed by atoms with van der Waals surface area (Å²) >= 11 is 3.44. The van der Waals surface area contributed by atoms with Crippen LogP contribution in [0.2, 0.25) is 0 Å². The summed E-state index contributed by atoms with van der Waals surface area (Å²) < 4.78 is 6.24. The number of ether oxygens (including phenoxy) is 1. The molecule has 66 valence electrons. The van der Waals surface area contributed by atoms with E-state index in [-0.39, 0.29) is 0 Å². The standard InChI is InChI=1S/C10H13BrO/c1-3-4-8-5-9(11)7-10(6-8)12-2/h5-7H,3-4H2,1-2H3. The van der Waals surface area contributed by atoms with E-state index in [1.165, 1.54) is 12.0 Å². The molecule has 1 nitrogen and oxygen atoms in total. The Balaban J connectivity index is 2.90. The van der Waals surface area contributed by atoms with Gasteiger partial charge in [0.15, 0.2) is 0 Å². The molecule has 0 unspecified atom stereocenters. The van der Waals surface area contributed by atoms with Gasteiger partial charge in [0.25, 0.3) is 0 Å². The first-order valence-electron chi connectivity index (χ1n) is 4.09.